The zero-order valence-electron chi connectivity index (χ0n) is 18.1. The van der Waals surface area contributed by atoms with E-state index in [4.69, 9.17) is 4.74 Å². The number of ether oxygens (including phenoxy) is 1. The van der Waals surface area contributed by atoms with Gasteiger partial charge >= 0.3 is 6.03 Å². The number of hydrogen-bond donors (Lipinski definition) is 3. The maximum Gasteiger partial charge on any atom is 0.319 e. The van der Waals surface area contributed by atoms with Crippen molar-refractivity contribution >= 4 is 28.5 Å². The number of benzene rings is 2. The van der Waals surface area contributed by atoms with Crippen LogP contribution in [0.1, 0.15) is 31.1 Å². The number of anilines is 1. The Morgan fingerprint density at radius 3 is 2.68 bits per heavy atom. The molecular weight excluding hydrogens is 392 g/mol. The maximum absolute atomic E-state index is 13.1. The van der Waals surface area contributed by atoms with E-state index in [0.29, 0.717) is 18.0 Å². The number of carbonyl (C=O) groups is 2. The lowest BCUT2D eigenvalue weighted by Crippen LogP contribution is -2.47. The Morgan fingerprint density at radius 1 is 1.16 bits per heavy atom. The van der Waals surface area contributed by atoms with Crippen LogP contribution in [0.15, 0.2) is 48.5 Å². The largest absolute Gasteiger partial charge is 0.495 e. The summed E-state index contributed by atoms with van der Waals surface area (Å²) in [4.78, 5) is 30.8. The Hall–Kier alpha value is -3.48. The summed E-state index contributed by atoms with van der Waals surface area (Å²) in [6.45, 7) is 4.80. The van der Waals surface area contributed by atoms with Crippen molar-refractivity contribution in [1.82, 2.24) is 15.2 Å². The van der Waals surface area contributed by atoms with Crippen molar-refractivity contribution in [1.29, 1.82) is 0 Å². The van der Waals surface area contributed by atoms with Gasteiger partial charge in [-0.2, -0.15) is 0 Å². The molecule has 0 radical (unpaired) electrons. The Kier molecular flexibility index (Phi) is 5.84. The van der Waals surface area contributed by atoms with Crippen LogP contribution in [-0.2, 0) is 11.2 Å². The van der Waals surface area contributed by atoms with Crippen LogP contribution in [-0.4, -0.2) is 42.0 Å². The third-order valence-electron chi connectivity index (χ3n) is 5.79. The number of H-pyrrole nitrogens is 1. The average Bonchev–Trinajstić information content (AvgIpc) is 3.15. The molecule has 2 heterocycles. The molecule has 1 unspecified atom stereocenters. The number of amides is 3. The molecule has 3 N–H and O–H groups in total. The van der Waals surface area contributed by atoms with E-state index in [1.54, 1.807) is 19.2 Å². The first kappa shape index (κ1) is 20.8. The average molecular weight is 421 g/mol. The van der Waals surface area contributed by atoms with Gasteiger partial charge in [0.1, 0.15) is 5.75 Å². The maximum atomic E-state index is 13.1. The lowest BCUT2D eigenvalue weighted by molar-refractivity contribution is -0.134. The van der Waals surface area contributed by atoms with Crippen molar-refractivity contribution in [3.8, 4) is 5.75 Å². The molecule has 3 amide bonds. The van der Waals surface area contributed by atoms with Crippen molar-refractivity contribution in [2.24, 2.45) is 5.92 Å². The van der Waals surface area contributed by atoms with E-state index in [1.807, 2.05) is 29.2 Å². The molecule has 162 valence electrons. The zero-order chi connectivity index (χ0) is 22.0. The summed E-state index contributed by atoms with van der Waals surface area (Å²) in [5, 5.41) is 6.64. The molecule has 0 saturated heterocycles. The lowest BCUT2D eigenvalue weighted by Gasteiger charge is -2.38. The standard InChI is InChI=1S/C24H28N4O3/c1-15(2)23-22-17(16-8-4-5-9-18(16)26-22)12-13-28(23)21(29)14-25-24(30)27-19-10-6-7-11-20(19)31-3/h4-11,15,23,26H,12-14H2,1-3H3,(H2,25,27,30). The number of aromatic nitrogens is 1. The minimum atomic E-state index is -0.442. The smallest absolute Gasteiger partial charge is 0.319 e. The second kappa shape index (κ2) is 8.71. The predicted molar refractivity (Wildman–Crippen MR) is 121 cm³/mol. The highest BCUT2D eigenvalue weighted by Crippen LogP contribution is 2.38. The molecule has 3 aromatic rings. The minimum Gasteiger partial charge on any atom is -0.495 e. The fourth-order valence-electron chi connectivity index (χ4n) is 4.41. The van der Waals surface area contributed by atoms with E-state index in [2.05, 4.69) is 41.6 Å². The summed E-state index contributed by atoms with van der Waals surface area (Å²) in [6, 6.07) is 14.9. The summed E-state index contributed by atoms with van der Waals surface area (Å²) in [5.74, 6) is 0.697. The third-order valence-corrected chi connectivity index (χ3v) is 5.79. The number of hydrogen-bond acceptors (Lipinski definition) is 3. The number of aromatic amines is 1. The number of nitrogens with one attached hydrogen (secondary N) is 3. The van der Waals surface area contributed by atoms with Crippen molar-refractivity contribution in [3.05, 3.63) is 59.8 Å². The van der Waals surface area contributed by atoms with Gasteiger partial charge < -0.3 is 25.3 Å². The van der Waals surface area contributed by atoms with Gasteiger partial charge in [-0.25, -0.2) is 4.79 Å². The van der Waals surface area contributed by atoms with E-state index in [1.165, 1.54) is 10.9 Å². The van der Waals surface area contributed by atoms with Crippen molar-refractivity contribution in [2.75, 3.05) is 25.5 Å². The molecule has 31 heavy (non-hydrogen) atoms. The Bertz CT molecular complexity index is 1110. The number of para-hydroxylation sites is 3. The van der Waals surface area contributed by atoms with Gasteiger partial charge in [-0.1, -0.05) is 44.2 Å². The van der Waals surface area contributed by atoms with E-state index < -0.39 is 6.03 Å². The van der Waals surface area contributed by atoms with Crippen molar-refractivity contribution < 1.29 is 14.3 Å². The molecule has 0 aliphatic carbocycles. The number of carbonyl (C=O) groups excluding carboxylic acids is 2. The third kappa shape index (κ3) is 4.08. The number of fused-ring (bicyclic) bond motifs is 3. The summed E-state index contributed by atoms with van der Waals surface area (Å²) in [7, 11) is 1.54. The lowest BCUT2D eigenvalue weighted by atomic mass is 9.90. The van der Waals surface area contributed by atoms with Crippen LogP contribution in [0.4, 0.5) is 10.5 Å². The van der Waals surface area contributed by atoms with Gasteiger partial charge in [0.15, 0.2) is 0 Å². The Morgan fingerprint density at radius 2 is 1.90 bits per heavy atom. The monoisotopic (exact) mass is 420 g/mol. The highest BCUT2D eigenvalue weighted by atomic mass is 16.5. The first-order valence-electron chi connectivity index (χ1n) is 10.6. The van der Waals surface area contributed by atoms with Crippen LogP contribution in [0.25, 0.3) is 10.9 Å². The highest BCUT2D eigenvalue weighted by Gasteiger charge is 2.35. The summed E-state index contributed by atoms with van der Waals surface area (Å²) < 4.78 is 5.24. The Labute approximate surface area is 181 Å². The number of nitrogens with zero attached hydrogens (tertiary/aromatic N) is 1. The molecule has 4 rings (SSSR count). The molecular formula is C24H28N4O3. The van der Waals surface area contributed by atoms with Gasteiger partial charge in [-0.3, -0.25) is 4.79 Å². The highest BCUT2D eigenvalue weighted by molar-refractivity contribution is 5.93. The van der Waals surface area contributed by atoms with Crippen molar-refractivity contribution in [3.63, 3.8) is 0 Å². The van der Waals surface area contributed by atoms with Gasteiger partial charge in [0, 0.05) is 23.1 Å². The molecule has 0 saturated carbocycles. The van der Waals surface area contributed by atoms with Gasteiger partial charge in [-0.05, 0) is 36.1 Å². The normalized spacial score (nSPS) is 15.6. The number of rotatable bonds is 5. The predicted octanol–water partition coefficient (Wildman–Crippen LogP) is 4.08. The molecule has 2 aromatic carbocycles. The molecule has 0 fully saturated rings. The molecule has 0 spiro atoms. The quantitative estimate of drug-likeness (QED) is 0.581. The summed E-state index contributed by atoms with van der Waals surface area (Å²) in [5.41, 5.74) is 4.05. The Balaban J connectivity index is 1.46. The fourth-order valence-corrected chi connectivity index (χ4v) is 4.41. The van der Waals surface area contributed by atoms with Crippen LogP contribution in [0.3, 0.4) is 0 Å². The molecule has 1 atom stereocenters. The summed E-state index contributed by atoms with van der Waals surface area (Å²) >= 11 is 0. The summed E-state index contributed by atoms with van der Waals surface area (Å²) in [6.07, 6.45) is 0.793. The van der Waals surface area contributed by atoms with Crippen LogP contribution in [0, 0.1) is 5.92 Å². The van der Waals surface area contributed by atoms with Gasteiger partial charge in [-0.15, -0.1) is 0 Å². The molecule has 0 bridgehead atoms. The second-order valence-corrected chi connectivity index (χ2v) is 8.10. The van der Waals surface area contributed by atoms with Gasteiger partial charge in [0.25, 0.3) is 0 Å². The minimum absolute atomic E-state index is 0.0530. The second-order valence-electron chi connectivity index (χ2n) is 8.10. The van der Waals surface area contributed by atoms with Crippen molar-refractivity contribution in [2.45, 2.75) is 26.3 Å². The molecule has 1 aromatic heterocycles. The topological polar surface area (TPSA) is 86.5 Å². The first-order chi connectivity index (χ1) is 15.0. The molecule has 1 aliphatic heterocycles. The van der Waals surface area contributed by atoms with Crippen LogP contribution in [0.5, 0.6) is 5.75 Å². The van der Waals surface area contributed by atoms with Crippen LogP contribution in [0.2, 0.25) is 0 Å². The number of methoxy groups -OCH3 is 1. The number of urea groups is 1. The molecule has 7 nitrogen and oxygen atoms in total. The first-order valence-corrected chi connectivity index (χ1v) is 10.6. The fraction of sp³-hybridized carbons (Fsp3) is 0.333. The molecule has 1 aliphatic rings. The van der Waals surface area contributed by atoms with Gasteiger partial charge in [0.05, 0.1) is 25.4 Å². The van der Waals surface area contributed by atoms with E-state index in [0.717, 1.165) is 17.6 Å². The van der Waals surface area contributed by atoms with E-state index >= 15 is 0 Å². The van der Waals surface area contributed by atoms with E-state index in [-0.39, 0.29) is 24.4 Å². The van der Waals surface area contributed by atoms with E-state index in [9.17, 15) is 9.59 Å². The van der Waals surface area contributed by atoms with Gasteiger partial charge in [0.2, 0.25) is 5.91 Å². The van der Waals surface area contributed by atoms with Crippen LogP contribution >= 0.6 is 0 Å². The zero-order valence-corrected chi connectivity index (χ0v) is 18.1. The molecule has 7 heteroatoms. The SMILES string of the molecule is COc1ccccc1NC(=O)NCC(=O)N1CCc2c([nH]c3ccccc23)C1C(C)C. The van der Waals surface area contributed by atoms with Crippen LogP contribution < -0.4 is 15.4 Å².